The zero-order chi connectivity index (χ0) is 10.1. The van der Waals surface area contributed by atoms with Crippen LogP contribution in [0.2, 0.25) is 0 Å². The molecule has 4 heteroatoms. The highest BCUT2D eigenvalue weighted by molar-refractivity contribution is 5.38. The van der Waals surface area contributed by atoms with Crippen molar-refractivity contribution in [2.75, 3.05) is 13.7 Å². The van der Waals surface area contributed by atoms with Crippen molar-refractivity contribution in [1.82, 2.24) is 5.32 Å². The van der Waals surface area contributed by atoms with Gasteiger partial charge < -0.3 is 10.1 Å². The van der Waals surface area contributed by atoms with Gasteiger partial charge in [0.25, 0.3) is 0 Å². The SMILES string of the molecule is COc1cc(F)cc(F)c1[C@@H]1CCN1. The minimum absolute atomic E-state index is 0.0365. The lowest BCUT2D eigenvalue weighted by Crippen LogP contribution is -2.35. The van der Waals surface area contributed by atoms with Crippen molar-refractivity contribution in [2.24, 2.45) is 0 Å². The third-order valence-corrected chi connectivity index (χ3v) is 2.45. The largest absolute Gasteiger partial charge is 0.496 e. The van der Waals surface area contributed by atoms with Gasteiger partial charge in [-0.1, -0.05) is 0 Å². The summed E-state index contributed by atoms with van der Waals surface area (Å²) in [4.78, 5) is 0. The van der Waals surface area contributed by atoms with E-state index in [-0.39, 0.29) is 11.8 Å². The van der Waals surface area contributed by atoms with Gasteiger partial charge in [-0.2, -0.15) is 0 Å². The molecule has 1 aliphatic heterocycles. The standard InChI is InChI=1S/C10H11F2NO/c1-14-9-5-6(11)4-7(12)10(9)8-2-3-13-8/h4-5,8,13H,2-3H2,1H3/t8-/m0/s1. The van der Waals surface area contributed by atoms with Crippen molar-refractivity contribution in [2.45, 2.75) is 12.5 Å². The van der Waals surface area contributed by atoms with E-state index in [0.717, 1.165) is 19.0 Å². The molecule has 76 valence electrons. The van der Waals surface area contributed by atoms with E-state index >= 15 is 0 Å². The zero-order valence-electron chi connectivity index (χ0n) is 7.81. The monoisotopic (exact) mass is 199 g/mol. The maximum atomic E-state index is 13.4. The molecule has 0 unspecified atom stereocenters. The smallest absolute Gasteiger partial charge is 0.134 e. The van der Waals surface area contributed by atoms with Gasteiger partial charge in [0.15, 0.2) is 0 Å². The third-order valence-electron chi connectivity index (χ3n) is 2.45. The summed E-state index contributed by atoms with van der Waals surface area (Å²) in [5.41, 5.74) is 0.431. The Morgan fingerprint density at radius 2 is 2.14 bits per heavy atom. The second kappa shape index (κ2) is 3.53. The van der Waals surface area contributed by atoms with Crippen LogP contribution in [0.5, 0.6) is 5.75 Å². The van der Waals surface area contributed by atoms with Gasteiger partial charge in [0.05, 0.1) is 7.11 Å². The van der Waals surface area contributed by atoms with Crippen molar-refractivity contribution < 1.29 is 13.5 Å². The van der Waals surface area contributed by atoms with Crippen molar-refractivity contribution >= 4 is 0 Å². The summed E-state index contributed by atoms with van der Waals surface area (Å²) in [5, 5.41) is 3.05. The summed E-state index contributed by atoms with van der Waals surface area (Å²) < 4.78 is 31.2. The van der Waals surface area contributed by atoms with Crippen molar-refractivity contribution in [3.05, 3.63) is 29.3 Å². The lowest BCUT2D eigenvalue weighted by molar-refractivity contribution is 0.338. The molecule has 2 rings (SSSR count). The lowest BCUT2D eigenvalue weighted by Gasteiger charge is -2.29. The van der Waals surface area contributed by atoms with Crippen molar-refractivity contribution in [3.8, 4) is 5.75 Å². The Kier molecular flexibility index (Phi) is 2.37. The number of methoxy groups -OCH3 is 1. The Bertz CT molecular complexity index is 350. The van der Waals surface area contributed by atoms with Gasteiger partial charge in [-0.25, -0.2) is 8.78 Å². The normalized spacial score (nSPS) is 20.4. The molecule has 1 fully saturated rings. The first-order chi connectivity index (χ1) is 6.72. The van der Waals surface area contributed by atoms with Gasteiger partial charge in [0, 0.05) is 23.7 Å². The van der Waals surface area contributed by atoms with E-state index in [0.29, 0.717) is 5.56 Å². The number of hydrogen-bond acceptors (Lipinski definition) is 2. The molecule has 1 atom stereocenters. The summed E-state index contributed by atoms with van der Waals surface area (Å²) in [6.45, 7) is 0.866. The van der Waals surface area contributed by atoms with Crippen LogP contribution in [0.3, 0.4) is 0 Å². The van der Waals surface area contributed by atoms with Gasteiger partial charge in [-0.15, -0.1) is 0 Å². The van der Waals surface area contributed by atoms with Gasteiger partial charge >= 0.3 is 0 Å². The van der Waals surface area contributed by atoms with Crippen LogP contribution in [0.25, 0.3) is 0 Å². The number of benzene rings is 1. The number of ether oxygens (including phenoxy) is 1. The number of rotatable bonds is 2. The highest BCUT2D eigenvalue weighted by Gasteiger charge is 2.26. The summed E-state index contributed by atoms with van der Waals surface area (Å²) >= 11 is 0. The Morgan fingerprint density at radius 1 is 1.43 bits per heavy atom. The molecule has 0 aromatic heterocycles. The Labute approximate surface area is 80.9 Å². The summed E-state index contributed by atoms with van der Waals surface area (Å²) in [5.74, 6) is -0.874. The highest BCUT2D eigenvalue weighted by Crippen LogP contribution is 2.33. The number of hydrogen-bond donors (Lipinski definition) is 1. The van der Waals surface area contributed by atoms with E-state index in [4.69, 9.17) is 4.74 Å². The molecular weight excluding hydrogens is 188 g/mol. The molecule has 0 aliphatic carbocycles. The van der Waals surface area contributed by atoms with Crippen LogP contribution < -0.4 is 10.1 Å². The molecule has 14 heavy (non-hydrogen) atoms. The molecule has 2 nitrogen and oxygen atoms in total. The predicted octanol–water partition coefficient (Wildman–Crippen LogP) is 2.01. The summed E-state index contributed by atoms with van der Waals surface area (Å²) in [6.07, 6.45) is 0.860. The minimum Gasteiger partial charge on any atom is -0.496 e. The zero-order valence-corrected chi connectivity index (χ0v) is 7.81. The quantitative estimate of drug-likeness (QED) is 0.786. The van der Waals surface area contributed by atoms with E-state index < -0.39 is 11.6 Å². The lowest BCUT2D eigenvalue weighted by atomic mass is 9.96. The predicted molar refractivity (Wildman–Crippen MR) is 48.3 cm³/mol. The van der Waals surface area contributed by atoms with Gasteiger partial charge in [-0.05, 0) is 13.0 Å². The molecular formula is C10H11F2NO. The highest BCUT2D eigenvalue weighted by atomic mass is 19.1. The average Bonchev–Trinajstić information content (AvgIpc) is 2.05. The second-order valence-electron chi connectivity index (χ2n) is 3.30. The van der Waals surface area contributed by atoms with Crippen LogP contribution in [0.4, 0.5) is 8.78 Å². The van der Waals surface area contributed by atoms with Crippen molar-refractivity contribution in [1.29, 1.82) is 0 Å². The molecule has 0 saturated carbocycles. The van der Waals surface area contributed by atoms with Crippen molar-refractivity contribution in [3.63, 3.8) is 0 Å². The van der Waals surface area contributed by atoms with Crippen LogP contribution in [0.1, 0.15) is 18.0 Å². The molecule has 1 aromatic carbocycles. The van der Waals surface area contributed by atoms with E-state index in [1.54, 1.807) is 0 Å². The van der Waals surface area contributed by atoms with Crippen LogP contribution in [0.15, 0.2) is 12.1 Å². The number of nitrogens with one attached hydrogen (secondary N) is 1. The average molecular weight is 199 g/mol. The first-order valence-corrected chi connectivity index (χ1v) is 4.48. The molecule has 1 heterocycles. The molecule has 1 aliphatic rings. The van der Waals surface area contributed by atoms with E-state index in [1.165, 1.54) is 13.2 Å². The molecule has 1 aromatic rings. The van der Waals surface area contributed by atoms with Crippen LogP contribution in [-0.4, -0.2) is 13.7 Å². The maximum Gasteiger partial charge on any atom is 0.134 e. The Hall–Kier alpha value is -1.16. The summed E-state index contributed by atoms with van der Waals surface area (Å²) in [6, 6.07) is 2.06. The Morgan fingerprint density at radius 3 is 2.64 bits per heavy atom. The first-order valence-electron chi connectivity index (χ1n) is 4.48. The van der Waals surface area contributed by atoms with E-state index in [2.05, 4.69) is 5.32 Å². The molecule has 0 radical (unpaired) electrons. The van der Waals surface area contributed by atoms with E-state index in [1.807, 2.05) is 0 Å². The fourth-order valence-electron chi connectivity index (χ4n) is 1.60. The topological polar surface area (TPSA) is 21.3 Å². The van der Waals surface area contributed by atoms with Crippen LogP contribution in [0, 0.1) is 11.6 Å². The third kappa shape index (κ3) is 1.46. The number of halogens is 2. The van der Waals surface area contributed by atoms with Gasteiger partial charge in [-0.3, -0.25) is 0 Å². The van der Waals surface area contributed by atoms with Gasteiger partial charge in [0.1, 0.15) is 17.4 Å². The molecule has 0 bridgehead atoms. The van der Waals surface area contributed by atoms with E-state index in [9.17, 15) is 8.78 Å². The molecule has 0 spiro atoms. The minimum atomic E-state index is -0.609. The fraction of sp³-hybridized carbons (Fsp3) is 0.400. The second-order valence-corrected chi connectivity index (χ2v) is 3.30. The fourth-order valence-corrected chi connectivity index (χ4v) is 1.60. The van der Waals surface area contributed by atoms with Gasteiger partial charge in [0.2, 0.25) is 0 Å². The maximum absolute atomic E-state index is 13.4. The summed E-state index contributed by atoms with van der Waals surface area (Å²) in [7, 11) is 1.41. The van der Waals surface area contributed by atoms with Crippen LogP contribution in [-0.2, 0) is 0 Å². The van der Waals surface area contributed by atoms with Crippen LogP contribution >= 0.6 is 0 Å². The Balaban J connectivity index is 2.44. The molecule has 0 amide bonds. The molecule has 1 N–H and O–H groups in total. The molecule has 1 saturated heterocycles. The first kappa shape index (κ1) is 9.40.